The normalized spacial score (nSPS) is 18.8. The molecule has 0 radical (unpaired) electrons. The standard InChI is InChI=1S/C14H21NO2S/c1-5-17-13(16)9-6-7-10-12(9)15-11(18-10)8-14(2,3)4/h9H,5-8H2,1-4H3. The van der Waals surface area contributed by atoms with Crippen molar-refractivity contribution in [3.63, 3.8) is 0 Å². The van der Waals surface area contributed by atoms with E-state index >= 15 is 0 Å². The van der Waals surface area contributed by atoms with Gasteiger partial charge in [0.1, 0.15) is 5.92 Å². The third-order valence-electron chi connectivity index (χ3n) is 3.01. The highest BCUT2D eigenvalue weighted by Crippen LogP contribution is 2.38. The van der Waals surface area contributed by atoms with Gasteiger partial charge in [0.05, 0.1) is 17.3 Å². The molecule has 1 aliphatic carbocycles. The third kappa shape index (κ3) is 2.91. The van der Waals surface area contributed by atoms with E-state index < -0.39 is 0 Å². The van der Waals surface area contributed by atoms with Gasteiger partial charge >= 0.3 is 5.97 Å². The van der Waals surface area contributed by atoms with Crippen molar-refractivity contribution in [2.75, 3.05) is 6.61 Å². The summed E-state index contributed by atoms with van der Waals surface area (Å²) in [4.78, 5) is 17.8. The Morgan fingerprint density at radius 3 is 2.83 bits per heavy atom. The second-order valence-corrected chi connectivity index (χ2v) is 7.16. The Kier molecular flexibility index (Phi) is 3.76. The molecule has 1 heterocycles. The largest absolute Gasteiger partial charge is 0.465 e. The van der Waals surface area contributed by atoms with E-state index in [1.807, 2.05) is 6.92 Å². The molecular weight excluding hydrogens is 246 g/mol. The van der Waals surface area contributed by atoms with Gasteiger partial charge in [-0.15, -0.1) is 11.3 Å². The summed E-state index contributed by atoms with van der Waals surface area (Å²) in [5.74, 6) is -0.228. The number of carbonyl (C=O) groups excluding carboxylic acids is 1. The van der Waals surface area contributed by atoms with E-state index in [1.54, 1.807) is 11.3 Å². The van der Waals surface area contributed by atoms with Gasteiger partial charge in [0, 0.05) is 11.3 Å². The summed E-state index contributed by atoms with van der Waals surface area (Å²) in [6.45, 7) is 8.93. The third-order valence-corrected chi connectivity index (χ3v) is 4.15. The first-order valence-corrected chi connectivity index (χ1v) is 7.37. The molecule has 0 spiro atoms. The van der Waals surface area contributed by atoms with Gasteiger partial charge in [-0.25, -0.2) is 4.98 Å². The zero-order valence-corrected chi connectivity index (χ0v) is 12.4. The average Bonchev–Trinajstić information content (AvgIpc) is 2.73. The van der Waals surface area contributed by atoms with Gasteiger partial charge in [-0.1, -0.05) is 20.8 Å². The SMILES string of the molecule is CCOC(=O)C1CCc2sc(CC(C)(C)C)nc21. The zero-order chi connectivity index (χ0) is 13.3. The van der Waals surface area contributed by atoms with Crippen LogP contribution in [0.25, 0.3) is 0 Å². The number of aryl methyl sites for hydroxylation is 1. The lowest BCUT2D eigenvalue weighted by molar-refractivity contribution is -0.145. The van der Waals surface area contributed by atoms with Crippen molar-refractivity contribution in [3.8, 4) is 0 Å². The van der Waals surface area contributed by atoms with E-state index in [0.717, 1.165) is 30.0 Å². The maximum Gasteiger partial charge on any atom is 0.315 e. The van der Waals surface area contributed by atoms with Crippen LogP contribution in [-0.2, 0) is 22.4 Å². The first-order valence-electron chi connectivity index (χ1n) is 6.56. The van der Waals surface area contributed by atoms with E-state index in [0.29, 0.717) is 6.61 Å². The van der Waals surface area contributed by atoms with E-state index in [1.165, 1.54) is 4.88 Å². The minimum absolute atomic E-state index is 0.108. The van der Waals surface area contributed by atoms with Crippen molar-refractivity contribution >= 4 is 17.3 Å². The minimum atomic E-state index is -0.120. The summed E-state index contributed by atoms with van der Waals surface area (Å²) in [5.41, 5.74) is 1.23. The predicted molar refractivity (Wildman–Crippen MR) is 73.0 cm³/mol. The monoisotopic (exact) mass is 267 g/mol. The van der Waals surface area contributed by atoms with Crippen LogP contribution in [-0.4, -0.2) is 17.6 Å². The number of fused-ring (bicyclic) bond motifs is 1. The van der Waals surface area contributed by atoms with Crippen LogP contribution in [0, 0.1) is 5.41 Å². The maximum atomic E-state index is 11.8. The molecule has 3 nitrogen and oxygen atoms in total. The van der Waals surface area contributed by atoms with Crippen LogP contribution in [0.2, 0.25) is 0 Å². The zero-order valence-electron chi connectivity index (χ0n) is 11.6. The molecule has 1 aliphatic rings. The molecule has 0 bridgehead atoms. The smallest absolute Gasteiger partial charge is 0.315 e. The molecule has 0 aliphatic heterocycles. The van der Waals surface area contributed by atoms with Crippen LogP contribution < -0.4 is 0 Å². The topological polar surface area (TPSA) is 39.2 Å². The van der Waals surface area contributed by atoms with Crippen molar-refractivity contribution in [2.45, 2.75) is 52.9 Å². The van der Waals surface area contributed by atoms with Crippen molar-refractivity contribution in [2.24, 2.45) is 5.41 Å². The Balaban J connectivity index is 2.15. The van der Waals surface area contributed by atoms with Crippen LogP contribution in [0.1, 0.15) is 55.6 Å². The molecule has 0 saturated heterocycles. The van der Waals surface area contributed by atoms with Crippen LogP contribution in [0.15, 0.2) is 0 Å². The van der Waals surface area contributed by atoms with Gasteiger partial charge in [0.25, 0.3) is 0 Å². The molecule has 0 N–H and O–H groups in total. The molecule has 1 aromatic heterocycles. The summed E-state index contributed by atoms with van der Waals surface area (Å²) in [6.07, 6.45) is 2.81. The van der Waals surface area contributed by atoms with Gasteiger partial charge in [-0.05, 0) is 25.2 Å². The van der Waals surface area contributed by atoms with E-state index in [2.05, 4.69) is 25.8 Å². The lowest BCUT2D eigenvalue weighted by atomic mass is 9.93. The molecular formula is C14H21NO2S. The average molecular weight is 267 g/mol. The molecule has 0 amide bonds. The second-order valence-electron chi connectivity index (χ2n) is 6.00. The predicted octanol–water partition coefficient (Wildman–Crippen LogP) is 3.32. The number of thiazole rings is 1. The Labute approximate surface area is 113 Å². The molecule has 0 aromatic carbocycles. The number of esters is 1. The Hall–Kier alpha value is -0.900. The minimum Gasteiger partial charge on any atom is -0.465 e. The van der Waals surface area contributed by atoms with Gasteiger partial charge in [0.2, 0.25) is 0 Å². The van der Waals surface area contributed by atoms with Gasteiger partial charge in [-0.3, -0.25) is 4.79 Å². The highest BCUT2D eigenvalue weighted by molar-refractivity contribution is 7.11. The van der Waals surface area contributed by atoms with Crippen molar-refractivity contribution < 1.29 is 9.53 Å². The summed E-state index contributed by atoms with van der Waals surface area (Å²) < 4.78 is 5.12. The maximum absolute atomic E-state index is 11.8. The fourth-order valence-electron chi connectivity index (χ4n) is 2.28. The molecule has 100 valence electrons. The lowest BCUT2D eigenvalue weighted by Gasteiger charge is -2.15. The number of hydrogen-bond acceptors (Lipinski definition) is 4. The highest BCUT2D eigenvalue weighted by Gasteiger charge is 2.33. The number of hydrogen-bond donors (Lipinski definition) is 0. The fourth-order valence-corrected chi connectivity index (χ4v) is 3.73. The molecule has 0 fully saturated rings. The van der Waals surface area contributed by atoms with E-state index in [9.17, 15) is 4.79 Å². The first kappa shape index (κ1) is 13.5. The molecule has 18 heavy (non-hydrogen) atoms. The number of rotatable bonds is 3. The summed E-state index contributed by atoms with van der Waals surface area (Å²) >= 11 is 1.77. The van der Waals surface area contributed by atoms with Crippen molar-refractivity contribution in [1.29, 1.82) is 0 Å². The van der Waals surface area contributed by atoms with Gasteiger partial charge in [0.15, 0.2) is 0 Å². The van der Waals surface area contributed by atoms with E-state index in [4.69, 9.17) is 4.74 Å². The van der Waals surface area contributed by atoms with Gasteiger partial charge < -0.3 is 4.74 Å². The van der Waals surface area contributed by atoms with E-state index in [-0.39, 0.29) is 17.3 Å². The Morgan fingerprint density at radius 1 is 1.50 bits per heavy atom. The van der Waals surface area contributed by atoms with Crippen LogP contribution in [0.4, 0.5) is 0 Å². The molecule has 1 atom stereocenters. The van der Waals surface area contributed by atoms with Crippen molar-refractivity contribution in [3.05, 3.63) is 15.6 Å². The van der Waals surface area contributed by atoms with Crippen LogP contribution >= 0.6 is 11.3 Å². The lowest BCUT2D eigenvalue weighted by Crippen LogP contribution is -2.14. The highest BCUT2D eigenvalue weighted by atomic mass is 32.1. The molecule has 2 rings (SSSR count). The van der Waals surface area contributed by atoms with Crippen LogP contribution in [0.5, 0.6) is 0 Å². The number of ether oxygens (including phenoxy) is 1. The van der Waals surface area contributed by atoms with Gasteiger partial charge in [-0.2, -0.15) is 0 Å². The molecule has 1 unspecified atom stereocenters. The summed E-state index contributed by atoms with van der Waals surface area (Å²) in [7, 11) is 0. The fraction of sp³-hybridized carbons (Fsp3) is 0.714. The number of carbonyl (C=O) groups is 1. The summed E-state index contributed by atoms with van der Waals surface area (Å²) in [5, 5.41) is 1.15. The number of aromatic nitrogens is 1. The second kappa shape index (κ2) is 5.00. The summed E-state index contributed by atoms with van der Waals surface area (Å²) in [6, 6.07) is 0. The Bertz CT molecular complexity index is 445. The molecule has 0 saturated carbocycles. The number of nitrogens with zero attached hydrogens (tertiary/aromatic N) is 1. The first-order chi connectivity index (χ1) is 8.40. The molecule has 4 heteroatoms. The Morgan fingerprint density at radius 2 is 2.22 bits per heavy atom. The van der Waals surface area contributed by atoms with Crippen molar-refractivity contribution in [1.82, 2.24) is 4.98 Å². The van der Waals surface area contributed by atoms with Crippen LogP contribution in [0.3, 0.4) is 0 Å². The quantitative estimate of drug-likeness (QED) is 0.789. The molecule has 1 aromatic rings.